The average Bonchev–Trinajstić information content (AvgIpc) is 1.57. The van der Waals surface area contributed by atoms with Gasteiger partial charge < -0.3 is 10.6 Å². The van der Waals surface area contributed by atoms with Gasteiger partial charge in [0.2, 0.25) is 11.8 Å². The van der Waals surface area contributed by atoms with Crippen molar-refractivity contribution in [3.63, 3.8) is 0 Å². The highest BCUT2D eigenvalue weighted by atomic mass is 16.2. The van der Waals surface area contributed by atoms with E-state index in [0.717, 1.165) is 48.3 Å². The van der Waals surface area contributed by atoms with Crippen LogP contribution in [0.25, 0.3) is 0 Å². The van der Waals surface area contributed by atoms with Gasteiger partial charge in [-0.2, -0.15) is 0 Å². The van der Waals surface area contributed by atoms with Gasteiger partial charge in [-0.3, -0.25) is 57.5 Å². The number of imide groups is 4. The van der Waals surface area contributed by atoms with E-state index in [0.29, 0.717) is 45.0 Å². The molecule has 4 aliphatic heterocycles. The van der Waals surface area contributed by atoms with Crippen molar-refractivity contribution < 1.29 is 57.5 Å². The van der Waals surface area contributed by atoms with E-state index in [9.17, 15) is 57.5 Å². The van der Waals surface area contributed by atoms with Gasteiger partial charge in [-0.15, -0.1) is 0 Å². The Hall–Kier alpha value is -11.4. The topological polar surface area (TPSA) is 242 Å². The number of hydrogen-bond acceptors (Lipinski definition) is 12. The molecule has 5 aliphatic rings. The first-order chi connectivity index (χ1) is 43.5. The van der Waals surface area contributed by atoms with Crippen LogP contribution in [-0.2, 0) is 20.4 Å². The van der Waals surface area contributed by atoms with Gasteiger partial charge in [-0.1, -0.05) is 75.4 Å². The Morgan fingerprint density at radius 1 is 0.370 bits per heavy atom. The number of amides is 10. The van der Waals surface area contributed by atoms with Crippen LogP contribution < -0.4 is 30.2 Å². The number of carbonyl (C=O) groups excluding carboxylic acids is 12. The predicted octanol–water partition coefficient (Wildman–Crippen LogP) is 12.1. The number of hydrogen-bond donors (Lipinski definition) is 2. The molecule has 0 saturated carbocycles. The Labute approximate surface area is 527 Å². The van der Waals surface area contributed by atoms with Crippen LogP contribution >= 0.6 is 0 Å². The first-order valence-corrected chi connectivity index (χ1v) is 29.8. The number of aryl methyl sites for hydroxylation is 4. The van der Waals surface area contributed by atoms with Gasteiger partial charge in [0.05, 0.1) is 67.3 Å². The van der Waals surface area contributed by atoms with Crippen molar-refractivity contribution in [1.29, 1.82) is 0 Å². The lowest BCUT2D eigenvalue weighted by molar-refractivity contribution is -0.115. The van der Waals surface area contributed by atoms with Crippen LogP contribution in [0.5, 0.6) is 0 Å². The maximum absolute atomic E-state index is 14.6. The summed E-state index contributed by atoms with van der Waals surface area (Å²) in [6.07, 6.45) is 0.765. The van der Waals surface area contributed by atoms with Gasteiger partial charge >= 0.3 is 0 Å². The van der Waals surface area contributed by atoms with Crippen molar-refractivity contribution in [1.82, 2.24) is 0 Å². The van der Waals surface area contributed by atoms with Crippen LogP contribution in [0.1, 0.15) is 206 Å². The number of benzene rings is 8. The van der Waals surface area contributed by atoms with E-state index in [1.807, 2.05) is 30.3 Å². The summed E-state index contributed by atoms with van der Waals surface area (Å²) in [4.78, 5) is 171. The molecule has 10 amide bonds. The summed E-state index contributed by atoms with van der Waals surface area (Å²) in [7, 11) is 0. The highest BCUT2D eigenvalue weighted by molar-refractivity contribution is 6.39. The smallest absolute Gasteiger partial charge is 0.266 e. The second-order valence-electron chi connectivity index (χ2n) is 25.2. The number of anilines is 6. The summed E-state index contributed by atoms with van der Waals surface area (Å²) >= 11 is 0. The maximum Gasteiger partial charge on any atom is 0.266 e. The minimum absolute atomic E-state index is 0.00350. The zero-order valence-electron chi connectivity index (χ0n) is 52.0. The number of carbonyl (C=O) groups is 12. The Morgan fingerprint density at radius 2 is 0.728 bits per heavy atom. The lowest BCUT2D eigenvalue weighted by Gasteiger charge is -2.29. The summed E-state index contributed by atoms with van der Waals surface area (Å²) in [5.74, 6) is -7.21. The van der Waals surface area contributed by atoms with E-state index in [2.05, 4.69) is 31.4 Å². The molecule has 1 aliphatic carbocycles. The van der Waals surface area contributed by atoms with Crippen molar-refractivity contribution >= 4 is 105 Å². The van der Waals surface area contributed by atoms with Crippen LogP contribution in [0.2, 0.25) is 0 Å². The number of rotatable bonds is 11. The van der Waals surface area contributed by atoms with E-state index >= 15 is 0 Å². The van der Waals surface area contributed by atoms with Crippen molar-refractivity contribution in [3.05, 3.63) is 244 Å². The summed E-state index contributed by atoms with van der Waals surface area (Å²) in [5, 5.41) is 5.66. The van der Waals surface area contributed by atoms with E-state index in [4.69, 9.17) is 0 Å². The SMILES string of the molecule is CC(=O)Nc1ccc2c(c1)C(C)(C)CC2(C)c1ccc(N2C(=O)c3ccc(C(=O)c4ccc5c(c4)C(=O)N(c4c(C)cc(C)c(N6C(=O)c7ccc(C(=O)c8ccc9c(c8)C(=O)N(c8c(C)cc(C)c(NC(C)=O)c8C)C9=O)cc7C6=O)c4C)C5=O)cc3C2=O)cc1. The molecule has 0 fully saturated rings. The lowest BCUT2D eigenvalue weighted by atomic mass is 9.75. The van der Waals surface area contributed by atoms with E-state index in [1.165, 1.54) is 86.6 Å². The summed E-state index contributed by atoms with van der Waals surface area (Å²) < 4.78 is 0. The van der Waals surface area contributed by atoms with Gasteiger partial charge in [0, 0.05) is 52.9 Å². The zero-order valence-corrected chi connectivity index (χ0v) is 52.0. The van der Waals surface area contributed by atoms with Crippen LogP contribution in [0.3, 0.4) is 0 Å². The second kappa shape index (κ2) is 20.8. The number of nitrogens with zero attached hydrogens (tertiary/aromatic N) is 4. The van der Waals surface area contributed by atoms with Crippen molar-refractivity contribution in [3.8, 4) is 0 Å². The molecule has 2 N–H and O–H groups in total. The Bertz CT molecular complexity index is 4920. The van der Waals surface area contributed by atoms with Crippen molar-refractivity contribution in [2.24, 2.45) is 0 Å². The molecular formula is C74H58N6O12. The molecule has 0 aromatic heterocycles. The highest BCUT2D eigenvalue weighted by Gasteiger charge is 2.48. The molecule has 1 unspecified atom stereocenters. The van der Waals surface area contributed by atoms with Crippen LogP contribution in [0.15, 0.2) is 127 Å². The molecule has 4 heterocycles. The molecule has 1 atom stereocenters. The van der Waals surface area contributed by atoms with Gasteiger partial charge in [-0.25, -0.2) is 19.6 Å². The third-order valence-corrected chi connectivity index (χ3v) is 18.6. The summed E-state index contributed by atoms with van der Waals surface area (Å²) in [5.41, 5.74) is 7.57. The molecule has 8 aromatic rings. The van der Waals surface area contributed by atoms with Crippen molar-refractivity contribution in [2.75, 3.05) is 30.2 Å². The van der Waals surface area contributed by atoms with Gasteiger partial charge in [0.1, 0.15) is 0 Å². The lowest BCUT2D eigenvalue weighted by Crippen LogP contribution is -2.34. The molecule has 8 aromatic carbocycles. The summed E-state index contributed by atoms with van der Waals surface area (Å²) in [6, 6.07) is 33.0. The number of nitrogens with one attached hydrogen (secondary N) is 2. The fraction of sp³-hybridized carbons (Fsp3) is 0.189. The first kappa shape index (κ1) is 59.6. The third kappa shape index (κ3) is 8.82. The number of fused-ring (bicyclic) bond motifs is 5. The molecule has 0 radical (unpaired) electrons. The average molecular weight is 1220 g/mol. The van der Waals surface area contributed by atoms with E-state index < -0.39 is 64.2 Å². The molecule has 0 spiro atoms. The molecule has 92 heavy (non-hydrogen) atoms. The maximum atomic E-state index is 14.6. The summed E-state index contributed by atoms with van der Waals surface area (Å²) in [6.45, 7) is 19.5. The quantitative estimate of drug-likeness (QED) is 0.0907. The molecule has 18 heteroatoms. The zero-order chi connectivity index (χ0) is 65.8. The molecule has 0 saturated heterocycles. The Kier molecular flexibility index (Phi) is 13.5. The predicted molar refractivity (Wildman–Crippen MR) is 344 cm³/mol. The van der Waals surface area contributed by atoms with Crippen LogP contribution in [-0.4, -0.2) is 70.6 Å². The fourth-order valence-corrected chi connectivity index (χ4v) is 14.6. The highest BCUT2D eigenvalue weighted by Crippen LogP contribution is 2.54. The molecule has 13 rings (SSSR count). The Balaban J connectivity index is 0.727. The van der Waals surface area contributed by atoms with E-state index in [-0.39, 0.29) is 101 Å². The Morgan fingerprint density at radius 3 is 1.13 bits per heavy atom. The van der Waals surface area contributed by atoms with Crippen LogP contribution in [0, 0.1) is 41.5 Å². The van der Waals surface area contributed by atoms with Gasteiger partial charge in [-0.05, 0) is 176 Å². The van der Waals surface area contributed by atoms with Crippen LogP contribution in [0.4, 0.5) is 34.1 Å². The minimum atomic E-state index is -0.788. The first-order valence-electron chi connectivity index (χ1n) is 29.8. The van der Waals surface area contributed by atoms with Crippen molar-refractivity contribution in [2.45, 2.75) is 93.4 Å². The number of ketones is 2. The molecule has 0 bridgehead atoms. The normalized spacial score (nSPS) is 16.8. The fourth-order valence-electron chi connectivity index (χ4n) is 14.6. The second-order valence-corrected chi connectivity index (χ2v) is 25.2. The van der Waals surface area contributed by atoms with E-state index in [1.54, 1.807) is 65.8 Å². The van der Waals surface area contributed by atoms with Gasteiger partial charge in [0.25, 0.3) is 47.3 Å². The largest absolute Gasteiger partial charge is 0.326 e. The third-order valence-electron chi connectivity index (χ3n) is 18.6. The monoisotopic (exact) mass is 1220 g/mol. The molecule has 18 nitrogen and oxygen atoms in total. The standard InChI is InChI=1S/C74H58N6O12/c1-34-26-35(2)60(38(5)59(34)76-41(8)82)78-66(86)50-22-13-43(29-54(50)70(78)90)64(84)45-15-24-52-56(31-45)72(92)80(68(52)88)62-37(4)27-36(3)61(39(62)6)79-67(87)51-23-14-44(30-55(51)71(79)91)63(83)42-12-21-49-53(28-42)69(89)77(65(49)85)48-19-16-46(17-20-48)74(11)33-73(9,10)58-32-47(75-40(7)81)18-25-57(58)74/h12-32H,33H2,1-11H3,(H,75,81)(H,76,82). The molecule has 456 valence electrons. The minimum Gasteiger partial charge on any atom is -0.326 e. The van der Waals surface area contributed by atoms with Gasteiger partial charge in [0.15, 0.2) is 11.6 Å². The molecular weight excluding hydrogens is 1160 g/mol.